The molecule has 0 aromatic carbocycles. The van der Waals surface area contributed by atoms with Crippen LogP contribution >= 0.6 is 0 Å². The zero-order chi connectivity index (χ0) is 11.1. The summed E-state index contributed by atoms with van der Waals surface area (Å²) < 4.78 is 4.95. The summed E-state index contributed by atoms with van der Waals surface area (Å²) in [4.78, 5) is 4.35. The molecule has 80 valence electrons. The Bertz CT molecular complexity index is 346. The van der Waals surface area contributed by atoms with Gasteiger partial charge in [0.1, 0.15) is 5.76 Å². The van der Waals surface area contributed by atoms with Crippen molar-refractivity contribution in [3.8, 4) is 0 Å². The molecule has 0 fully saturated rings. The third kappa shape index (κ3) is 4.45. The number of aliphatic imine (C=N–C) groups is 1. The van der Waals surface area contributed by atoms with Crippen molar-refractivity contribution < 1.29 is 4.74 Å². The Morgan fingerprint density at radius 3 is 3.13 bits per heavy atom. The molecule has 0 radical (unpaired) electrons. The minimum Gasteiger partial charge on any atom is -0.497 e. The van der Waals surface area contributed by atoms with E-state index in [9.17, 15) is 0 Å². The molecule has 0 amide bonds. The fourth-order valence-electron chi connectivity index (χ4n) is 1.16. The van der Waals surface area contributed by atoms with Crippen molar-refractivity contribution in [3.05, 3.63) is 48.4 Å². The number of hydrogen-bond acceptors (Lipinski definition) is 2. The molecule has 0 aromatic heterocycles. The molecule has 1 rings (SSSR count). The van der Waals surface area contributed by atoms with Crippen LogP contribution < -0.4 is 0 Å². The average Bonchev–Trinajstić information content (AvgIpc) is 2.22. The summed E-state index contributed by atoms with van der Waals surface area (Å²) >= 11 is 0. The summed E-state index contributed by atoms with van der Waals surface area (Å²) in [6.07, 6.45) is 12.0. The first-order chi connectivity index (χ1) is 7.22. The highest BCUT2D eigenvalue weighted by Gasteiger charge is 1.94. The topological polar surface area (TPSA) is 21.6 Å². The van der Waals surface area contributed by atoms with Crippen LogP contribution in [-0.2, 0) is 4.74 Å². The Hall–Kier alpha value is -1.57. The van der Waals surface area contributed by atoms with Crippen molar-refractivity contribution in [3.63, 3.8) is 0 Å². The van der Waals surface area contributed by atoms with Gasteiger partial charge in [-0.15, -0.1) is 0 Å². The smallest absolute Gasteiger partial charge is 0.111 e. The van der Waals surface area contributed by atoms with Gasteiger partial charge in [0, 0.05) is 11.9 Å². The molecule has 0 unspecified atom stereocenters. The lowest BCUT2D eigenvalue weighted by Gasteiger charge is -2.01. The van der Waals surface area contributed by atoms with Crippen molar-refractivity contribution in [1.82, 2.24) is 0 Å². The fourth-order valence-corrected chi connectivity index (χ4v) is 1.16. The quantitative estimate of drug-likeness (QED) is 0.509. The molecule has 2 nitrogen and oxygen atoms in total. The van der Waals surface area contributed by atoms with Crippen LogP contribution in [0.2, 0.25) is 0 Å². The lowest BCUT2D eigenvalue weighted by atomic mass is 10.1. The Balaban J connectivity index is 2.74. The molecule has 2 heteroatoms. The maximum Gasteiger partial charge on any atom is 0.111 e. The second kappa shape index (κ2) is 6.02. The van der Waals surface area contributed by atoms with E-state index in [1.54, 1.807) is 7.11 Å². The SMILES string of the molecule is C=C(/C=C/C1=C/N=C(C)CCC=C1)OC. The van der Waals surface area contributed by atoms with Gasteiger partial charge < -0.3 is 4.74 Å². The van der Waals surface area contributed by atoms with E-state index < -0.39 is 0 Å². The van der Waals surface area contributed by atoms with E-state index in [4.69, 9.17) is 4.74 Å². The summed E-state index contributed by atoms with van der Waals surface area (Å²) in [5, 5.41) is 0. The van der Waals surface area contributed by atoms with Gasteiger partial charge in [0.25, 0.3) is 0 Å². The molecule has 1 heterocycles. The molecule has 0 N–H and O–H groups in total. The number of allylic oxidation sites excluding steroid dienone is 5. The van der Waals surface area contributed by atoms with E-state index in [0.29, 0.717) is 5.76 Å². The summed E-state index contributed by atoms with van der Waals surface area (Å²) in [7, 11) is 1.61. The third-order valence-electron chi connectivity index (χ3n) is 2.14. The highest BCUT2D eigenvalue weighted by atomic mass is 16.5. The van der Waals surface area contributed by atoms with Crippen molar-refractivity contribution in [2.45, 2.75) is 19.8 Å². The van der Waals surface area contributed by atoms with Gasteiger partial charge in [-0.1, -0.05) is 18.7 Å². The molecule has 1 aliphatic heterocycles. The molecular formula is C13H17NO. The Morgan fingerprint density at radius 2 is 2.40 bits per heavy atom. The predicted octanol–water partition coefficient (Wildman–Crippen LogP) is 3.40. The number of rotatable bonds is 3. The van der Waals surface area contributed by atoms with Crippen LogP contribution in [0, 0.1) is 0 Å². The number of nitrogens with zero attached hydrogens (tertiary/aromatic N) is 1. The van der Waals surface area contributed by atoms with Gasteiger partial charge in [-0.3, -0.25) is 4.99 Å². The monoisotopic (exact) mass is 203 g/mol. The number of hydrogen-bond donors (Lipinski definition) is 0. The highest BCUT2D eigenvalue weighted by Crippen LogP contribution is 2.08. The summed E-state index contributed by atoms with van der Waals surface area (Å²) in [6, 6.07) is 0. The first-order valence-corrected chi connectivity index (χ1v) is 5.03. The van der Waals surface area contributed by atoms with Crippen LogP contribution in [0.5, 0.6) is 0 Å². The second-order valence-electron chi connectivity index (χ2n) is 3.44. The molecule has 0 aliphatic carbocycles. The van der Waals surface area contributed by atoms with Gasteiger partial charge in [-0.2, -0.15) is 0 Å². The predicted molar refractivity (Wildman–Crippen MR) is 64.9 cm³/mol. The first-order valence-electron chi connectivity index (χ1n) is 5.03. The van der Waals surface area contributed by atoms with Crippen molar-refractivity contribution in [2.24, 2.45) is 4.99 Å². The van der Waals surface area contributed by atoms with Gasteiger partial charge in [0.05, 0.1) is 7.11 Å². The van der Waals surface area contributed by atoms with E-state index in [2.05, 4.69) is 23.7 Å². The number of methoxy groups -OCH3 is 1. The van der Waals surface area contributed by atoms with E-state index in [-0.39, 0.29) is 0 Å². The molecule has 0 bridgehead atoms. The van der Waals surface area contributed by atoms with Gasteiger partial charge in [-0.05, 0) is 37.5 Å². The Kier molecular flexibility index (Phi) is 4.61. The molecule has 0 saturated heterocycles. The lowest BCUT2D eigenvalue weighted by molar-refractivity contribution is 0.309. The third-order valence-corrected chi connectivity index (χ3v) is 2.14. The van der Waals surface area contributed by atoms with Crippen LogP contribution in [0.1, 0.15) is 19.8 Å². The average molecular weight is 203 g/mol. The van der Waals surface area contributed by atoms with Crippen LogP contribution in [0.4, 0.5) is 0 Å². The van der Waals surface area contributed by atoms with Gasteiger partial charge in [0.15, 0.2) is 0 Å². The van der Waals surface area contributed by atoms with E-state index in [1.165, 1.54) is 0 Å². The van der Waals surface area contributed by atoms with Crippen LogP contribution in [0.15, 0.2) is 53.4 Å². The zero-order valence-electron chi connectivity index (χ0n) is 9.36. The maximum atomic E-state index is 4.95. The first kappa shape index (κ1) is 11.5. The second-order valence-corrected chi connectivity index (χ2v) is 3.44. The Morgan fingerprint density at radius 1 is 1.60 bits per heavy atom. The largest absolute Gasteiger partial charge is 0.497 e. The van der Waals surface area contributed by atoms with Crippen LogP contribution in [-0.4, -0.2) is 12.8 Å². The number of ether oxygens (including phenoxy) is 1. The van der Waals surface area contributed by atoms with Crippen LogP contribution in [0.3, 0.4) is 0 Å². The molecular weight excluding hydrogens is 186 g/mol. The van der Waals surface area contributed by atoms with E-state index in [0.717, 1.165) is 24.1 Å². The van der Waals surface area contributed by atoms with Crippen molar-refractivity contribution >= 4 is 5.71 Å². The molecule has 0 saturated carbocycles. The Labute approximate surface area is 91.4 Å². The maximum absolute atomic E-state index is 4.95. The standard InChI is InChI=1S/C13H17NO/c1-11-6-4-5-7-13(10-14-11)9-8-12(2)15-3/h5,7-10H,2,4,6H2,1,3H3/b7-5?,9-8+,13-10+,14-11?. The van der Waals surface area contributed by atoms with Crippen molar-refractivity contribution in [2.75, 3.05) is 7.11 Å². The fraction of sp³-hybridized carbons (Fsp3) is 0.308. The lowest BCUT2D eigenvalue weighted by Crippen LogP contribution is -1.91. The molecule has 0 spiro atoms. The summed E-state index contributed by atoms with van der Waals surface area (Å²) in [5.74, 6) is 0.645. The molecule has 0 aromatic rings. The van der Waals surface area contributed by atoms with Gasteiger partial charge in [0.2, 0.25) is 0 Å². The molecule has 0 atom stereocenters. The highest BCUT2D eigenvalue weighted by molar-refractivity contribution is 5.82. The van der Waals surface area contributed by atoms with Crippen molar-refractivity contribution in [1.29, 1.82) is 0 Å². The minimum absolute atomic E-state index is 0.645. The molecule has 1 aliphatic rings. The van der Waals surface area contributed by atoms with Crippen LogP contribution in [0.25, 0.3) is 0 Å². The normalized spacial score (nSPS) is 20.1. The zero-order valence-corrected chi connectivity index (χ0v) is 9.36. The van der Waals surface area contributed by atoms with E-state index in [1.807, 2.05) is 25.3 Å². The summed E-state index contributed by atoms with van der Waals surface area (Å²) in [5.41, 5.74) is 2.23. The minimum atomic E-state index is 0.645. The van der Waals surface area contributed by atoms with E-state index >= 15 is 0 Å². The van der Waals surface area contributed by atoms with Gasteiger partial charge in [-0.25, -0.2) is 0 Å². The summed E-state index contributed by atoms with van der Waals surface area (Å²) in [6.45, 7) is 5.77. The van der Waals surface area contributed by atoms with Gasteiger partial charge >= 0.3 is 0 Å². The molecule has 15 heavy (non-hydrogen) atoms.